The molecule has 13 nitrogen and oxygen atoms in total. The van der Waals surface area contributed by atoms with Crippen molar-refractivity contribution in [1.82, 2.24) is 0 Å². The lowest BCUT2D eigenvalue weighted by molar-refractivity contribution is -0.393. The second kappa shape index (κ2) is 9.37. The number of aliphatic imine (C=N–C) groups is 1. The van der Waals surface area contributed by atoms with Gasteiger partial charge >= 0.3 is 0 Å². The molecule has 0 bridgehead atoms. The molecule has 0 saturated carbocycles. The molecule has 3 aromatic carbocycles. The highest BCUT2D eigenvalue weighted by molar-refractivity contribution is 6.38. The molecule has 37 heavy (non-hydrogen) atoms. The largest absolute Gasteiger partial charge is 0.350 e. The van der Waals surface area contributed by atoms with Crippen molar-refractivity contribution in [3.63, 3.8) is 0 Å². The van der Waals surface area contributed by atoms with E-state index in [1.54, 1.807) is 19.1 Å². The molecule has 1 atom stereocenters. The molecular formula is C24H17N5O8. The number of nitrogens with zero attached hydrogens (tertiary/aromatic N) is 4. The lowest BCUT2D eigenvalue weighted by Crippen LogP contribution is -2.23. The quantitative estimate of drug-likeness (QED) is 0.263. The number of rotatable bonds is 7. The fourth-order valence-electron chi connectivity index (χ4n) is 4.07. The van der Waals surface area contributed by atoms with Gasteiger partial charge in [-0.15, -0.1) is 0 Å². The summed E-state index contributed by atoms with van der Waals surface area (Å²) in [5.74, 6) is -2.55. The zero-order chi connectivity index (χ0) is 27.0. The molecule has 1 aliphatic rings. The molecule has 1 N–H and O–H groups in total. The number of carbonyl (C=O) groups is 2. The van der Waals surface area contributed by atoms with Gasteiger partial charge in [0.2, 0.25) is 0 Å². The SMILES string of the molecule is CC(=O)[C@@H]1C(=O)c2c(cccc2[N+](=O)[O-])C1=Nc1cc(Nc2ccc([N+](=O)[O-])cc2[N+](=O)[O-])ccc1C. The van der Waals surface area contributed by atoms with Crippen molar-refractivity contribution in [3.05, 3.63) is 102 Å². The standard InChI is InChI=1S/C24H17N5O8/c1-12-6-7-14(25-17-9-8-15(27(32)33)11-20(17)29(36)37)10-18(12)26-23-16-4-3-5-19(28(34)35)22(16)24(31)21(23)13(2)30/h3-11,21,25H,1-2H3/t21-/m0/s1. The van der Waals surface area contributed by atoms with Crippen LogP contribution in [0.15, 0.2) is 59.6 Å². The molecule has 1 aliphatic carbocycles. The number of nitrogens with one attached hydrogen (secondary N) is 1. The van der Waals surface area contributed by atoms with Gasteiger partial charge in [0.25, 0.3) is 17.1 Å². The molecule has 0 aromatic heterocycles. The molecule has 0 saturated heterocycles. The normalized spacial score (nSPS) is 15.4. The maximum Gasteiger partial charge on any atom is 0.299 e. The number of non-ortho nitro benzene ring substituents is 1. The number of ketones is 2. The van der Waals surface area contributed by atoms with Crippen molar-refractivity contribution >= 4 is 51.4 Å². The monoisotopic (exact) mass is 503 g/mol. The maximum atomic E-state index is 13.0. The molecule has 13 heteroatoms. The van der Waals surface area contributed by atoms with Crippen LogP contribution in [0.3, 0.4) is 0 Å². The van der Waals surface area contributed by atoms with E-state index in [0.29, 0.717) is 16.9 Å². The van der Waals surface area contributed by atoms with Crippen LogP contribution < -0.4 is 5.32 Å². The van der Waals surface area contributed by atoms with E-state index in [2.05, 4.69) is 10.3 Å². The topological polar surface area (TPSA) is 188 Å². The summed E-state index contributed by atoms with van der Waals surface area (Å²) in [4.78, 5) is 61.7. The van der Waals surface area contributed by atoms with E-state index >= 15 is 0 Å². The molecular weight excluding hydrogens is 486 g/mol. The van der Waals surface area contributed by atoms with E-state index in [0.717, 1.165) is 12.1 Å². The molecule has 0 amide bonds. The average Bonchev–Trinajstić information content (AvgIpc) is 3.12. The number of anilines is 2. The molecule has 0 spiro atoms. The number of benzene rings is 3. The van der Waals surface area contributed by atoms with Gasteiger partial charge in [0, 0.05) is 23.4 Å². The van der Waals surface area contributed by atoms with E-state index in [9.17, 15) is 39.9 Å². The number of hydrogen-bond acceptors (Lipinski definition) is 10. The molecule has 0 radical (unpaired) electrons. The smallest absolute Gasteiger partial charge is 0.299 e. The first-order valence-electron chi connectivity index (χ1n) is 10.7. The van der Waals surface area contributed by atoms with Gasteiger partial charge in [-0.2, -0.15) is 0 Å². The summed E-state index contributed by atoms with van der Waals surface area (Å²) in [5.41, 5.74) is -0.0316. The van der Waals surface area contributed by atoms with Crippen molar-refractivity contribution in [2.24, 2.45) is 10.9 Å². The van der Waals surface area contributed by atoms with Crippen molar-refractivity contribution in [2.45, 2.75) is 13.8 Å². The van der Waals surface area contributed by atoms with Crippen LogP contribution in [0.5, 0.6) is 0 Å². The third-order valence-electron chi connectivity index (χ3n) is 5.82. The minimum Gasteiger partial charge on any atom is -0.350 e. The Kier molecular flexibility index (Phi) is 6.28. The maximum absolute atomic E-state index is 13.0. The molecule has 3 aromatic rings. The van der Waals surface area contributed by atoms with Crippen LogP contribution in [-0.4, -0.2) is 32.0 Å². The lowest BCUT2D eigenvalue weighted by atomic mass is 9.98. The molecule has 4 rings (SSSR count). The zero-order valence-electron chi connectivity index (χ0n) is 19.3. The Morgan fingerprint density at radius 3 is 2.24 bits per heavy atom. The van der Waals surface area contributed by atoms with Gasteiger partial charge in [-0.1, -0.05) is 18.2 Å². The van der Waals surface area contributed by atoms with Crippen LogP contribution in [-0.2, 0) is 4.79 Å². The van der Waals surface area contributed by atoms with Gasteiger partial charge in [-0.05, 0) is 37.6 Å². The summed E-state index contributed by atoms with van der Waals surface area (Å²) in [6, 6.07) is 12.0. The van der Waals surface area contributed by atoms with Crippen molar-refractivity contribution in [3.8, 4) is 0 Å². The van der Waals surface area contributed by atoms with Crippen molar-refractivity contribution < 1.29 is 24.4 Å². The molecule has 0 unspecified atom stereocenters. The second-order valence-electron chi connectivity index (χ2n) is 8.20. The second-order valence-corrected chi connectivity index (χ2v) is 8.20. The minimum atomic E-state index is -1.32. The Morgan fingerprint density at radius 1 is 0.919 bits per heavy atom. The highest BCUT2D eigenvalue weighted by Gasteiger charge is 2.44. The number of fused-ring (bicyclic) bond motifs is 1. The summed E-state index contributed by atoms with van der Waals surface area (Å²) in [5, 5.41) is 36.8. The zero-order valence-corrected chi connectivity index (χ0v) is 19.3. The van der Waals surface area contributed by atoms with Crippen LogP contribution in [0.25, 0.3) is 0 Å². The van der Waals surface area contributed by atoms with Crippen molar-refractivity contribution in [2.75, 3.05) is 5.32 Å². The van der Waals surface area contributed by atoms with Gasteiger partial charge in [0.1, 0.15) is 23.0 Å². The van der Waals surface area contributed by atoms with E-state index in [1.165, 1.54) is 37.3 Å². The van der Waals surface area contributed by atoms with Crippen LogP contribution >= 0.6 is 0 Å². The van der Waals surface area contributed by atoms with Gasteiger partial charge in [-0.25, -0.2) is 0 Å². The van der Waals surface area contributed by atoms with Gasteiger partial charge < -0.3 is 5.32 Å². The number of hydrogen-bond donors (Lipinski definition) is 1. The predicted molar refractivity (Wildman–Crippen MR) is 132 cm³/mol. The van der Waals surface area contributed by atoms with E-state index in [4.69, 9.17) is 0 Å². The first kappa shape index (κ1) is 24.8. The Morgan fingerprint density at radius 2 is 1.62 bits per heavy atom. The number of aryl methyl sites for hydroxylation is 1. The van der Waals surface area contributed by atoms with Crippen LogP contribution in [0, 0.1) is 43.2 Å². The van der Waals surface area contributed by atoms with E-state index in [1.807, 2.05) is 0 Å². The fourth-order valence-corrected chi connectivity index (χ4v) is 4.07. The number of nitro groups is 3. The Bertz CT molecular complexity index is 1560. The summed E-state index contributed by atoms with van der Waals surface area (Å²) < 4.78 is 0. The van der Waals surface area contributed by atoms with Gasteiger partial charge in [0.15, 0.2) is 5.78 Å². The van der Waals surface area contributed by atoms with Crippen molar-refractivity contribution in [1.29, 1.82) is 0 Å². The Balaban J connectivity index is 1.81. The highest BCUT2D eigenvalue weighted by atomic mass is 16.6. The third-order valence-corrected chi connectivity index (χ3v) is 5.82. The van der Waals surface area contributed by atoms with Crippen LogP contribution in [0.1, 0.15) is 28.4 Å². The van der Waals surface area contributed by atoms with E-state index in [-0.39, 0.29) is 22.5 Å². The number of carbonyl (C=O) groups excluding carboxylic acids is 2. The van der Waals surface area contributed by atoms with Gasteiger partial charge in [-0.3, -0.25) is 44.9 Å². The summed E-state index contributed by atoms with van der Waals surface area (Å²) in [7, 11) is 0. The third kappa shape index (κ3) is 4.52. The fraction of sp³-hybridized carbons (Fsp3) is 0.125. The number of nitro benzene ring substituents is 3. The lowest BCUT2D eigenvalue weighted by Gasteiger charge is -2.11. The summed E-state index contributed by atoms with van der Waals surface area (Å²) >= 11 is 0. The highest BCUT2D eigenvalue weighted by Crippen LogP contribution is 2.38. The number of Topliss-reactive ketones (excluding diaryl/α,β-unsaturated/α-hetero) is 2. The first-order valence-corrected chi connectivity index (χ1v) is 10.7. The minimum absolute atomic E-state index is 0.00307. The molecule has 0 fully saturated rings. The average molecular weight is 503 g/mol. The summed E-state index contributed by atoms with van der Waals surface area (Å²) in [6.45, 7) is 2.92. The van der Waals surface area contributed by atoms with E-state index < -0.39 is 49.3 Å². The molecule has 186 valence electrons. The van der Waals surface area contributed by atoms with Crippen LogP contribution in [0.4, 0.5) is 34.1 Å². The first-order chi connectivity index (χ1) is 17.5. The van der Waals surface area contributed by atoms with Gasteiger partial charge in [0.05, 0.1) is 32.2 Å². The Hall–Kier alpha value is -5.33. The predicted octanol–water partition coefficient (Wildman–Crippen LogP) is 4.99. The summed E-state index contributed by atoms with van der Waals surface area (Å²) in [6.07, 6.45) is 0. The molecule has 0 aliphatic heterocycles. The Labute approximate surface area is 207 Å². The van der Waals surface area contributed by atoms with Crippen LogP contribution in [0.2, 0.25) is 0 Å². The molecule has 0 heterocycles.